The van der Waals surface area contributed by atoms with E-state index in [4.69, 9.17) is 5.26 Å². The van der Waals surface area contributed by atoms with E-state index in [1.807, 2.05) is 5.32 Å². The van der Waals surface area contributed by atoms with Gasteiger partial charge in [-0.25, -0.2) is 4.98 Å². The van der Waals surface area contributed by atoms with Crippen molar-refractivity contribution in [3.8, 4) is 6.19 Å². The lowest BCUT2D eigenvalue weighted by atomic mass is 10.3. The maximum Gasteiger partial charge on any atom is 0.282 e. The first kappa shape index (κ1) is 9.85. The summed E-state index contributed by atoms with van der Waals surface area (Å²) in [6, 6.07) is 2.76. The van der Waals surface area contributed by atoms with Crippen LogP contribution in [-0.2, 0) is 0 Å². The molecular weight excluding hydrogens is 288 g/mol. The lowest BCUT2D eigenvalue weighted by Gasteiger charge is -1.97. The Labute approximate surface area is 86.9 Å². The fraction of sp³-hybridized carbons (Fsp3) is 0. The van der Waals surface area contributed by atoms with Crippen LogP contribution in [0.2, 0.25) is 0 Å². The summed E-state index contributed by atoms with van der Waals surface area (Å²) in [4.78, 5) is 14.3. The van der Waals surface area contributed by atoms with Crippen LogP contribution < -0.4 is 5.32 Å². The lowest BCUT2D eigenvalue weighted by Crippen LogP contribution is -2.19. The van der Waals surface area contributed by atoms with E-state index in [0.717, 1.165) is 0 Å². The van der Waals surface area contributed by atoms with Gasteiger partial charge in [-0.3, -0.25) is 10.1 Å². The van der Waals surface area contributed by atoms with Crippen LogP contribution in [0.1, 0.15) is 10.5 Å². The Bertz CT molecular complexity index is 388. The molecule has 6 heteroatoms. The van der Waals surface area contributed by atoms with Crippen LogP contribution >= 0.6 is 22.6 Å². The molecule has 66 valence electrons. The van der Waals surface area contributed by atoms with Crippen LogP contribution in [0.25, 0.3) is 0 Å². The Hall–Kier alpha value is -1.23. The van der Waals surface area contributed by atoms with Gasteiger partial charge in [-0.1, -0.05) is 0 Å². The second-order valence-electron chi connectivity index (χ2n) is 2.04. The number of nitrogens with one attached hydrogen (secondary N) is 1. The van der Waals surface area contributed by atoms with Crippen molar-refractivity contribution in [2.24, 2.45) is 0 Å². The van der Waals surface area contributed by atoms with Crippen LogP contribution in [0.15, 0.2) is 12.1 Å². The largest absolute Gasteiger partial charge is 0.282 e. The minimum atomic E-state index is -0.716. The zero-order valence-electron chi connectivity index (χ0n) is 6.21. The summed E-state index contributed by atoms with van der Waals surface area (Å²) in [7, 11) is 0. The summed E-state index contributed by atoms with van der Waals surface area (Å²) in [5, 5.41) is 9.96. The number of hydrogen-bond donors (Lipinski definition) is 1. The molecule has 0 spiro atoms. The number of amides is 1. The van der Waals surface area contributed by atoms with E-state index in [9.17, 15) is 9.18 Å². The second-order valence-corrected chi connectivity index (χ2v) is 3.20. The maximum absolute atomic E-state index is 12.8. The highest BCUT2D eigenvalue weighted by Crippen LogP contribution is 2.08. The average Bonchev–Trinajstić information content (AvgIpc) is 2.10. The van der Waals surface area contributed by atoms with Crippen molar-refractivity contribution in [1.82, 2.24) is 10.3 Å². The molecule has 0 unspecified atom stereocenters. The van der Waals surface area contributed by atoms with Gasteiger partial charge in [0.05, 0.1) is 3.57 Å². The fourth-order valence-electron chi connectivity index (χ4n) is 0.659. The van der Waals surface area contributed by atoms with Gasteiger partial charge >= 0.3 is 0 Å². The molecule has 4 nitrogen and oxygen atoms in total. The minimum Gasteiger partial charge on any atom is -0.266 e. The highest BCUT2D eigenvalue weighted by atomic mass is 127. The standard InChI is InChI=1S/C7H3FIN3O/c8-6-4(9)1-2-5(12-6)7(13)11-3-10/h1-2H,(H,11,13). The zero-order valence-corrected chi connectivity index (χ0v) is 8.37. The van der Waals surface area contributed by atoms with Crippen molar-refractivity contribution in [2.45, 2.75) is 0 Å². The molecule has 1 amide bonds. The summed E-state index contributed by atoms with van der Waals surface area (Å²) < 4.78 is 13.1. The van der Waals surface area contributed by atoms with Crippen molar-refractivity contribution in [1.29, 1.82) is 5.26 Å². The second kappa shape index (κ2) is 4.13. The third kappa shape index (κ3) is 2.35. The summed E-state index contributed by atoms with van der Waals surface area (Å²) in [5.74, 6) is -1.43. The molecule has 0 aliphatic heterocycles. The predicted molar refractivity (Wildman–Crippen MR) is 50.0 cm³/mol. The van der Waals surface area contributed by atoms with E-state index in [-0.39, 0.29) is 5.69 Å². The number of hydrogen-bond acceptors (Lipinski definition) is 3. The van der Waals surface area contributed by atoms with Gasteiger partial charge in [-0.05, 0) is 34.7 Å². The third-order valence-corrected chi connectivity index (χ3v) is 2.01. The fourth-order valence-corrected chi connectivity index (χ4v) is 0.959. The Balaban J connectivity index is 2.98. The number of carbonyl (C=O) groups excluding carboxylic acids is 1. The number of rotatable bonds is 1. The van der Waals surface area contributed by atoms with E-state index < -0.39 is 11.9 Å². The molecule has 0 saturated heterocycles. The Morgan fingerprint density at radius 1 is 1.69 bits per heavy atom. The summed E-state index contributed by atoms with van der Waals surface area (Å²) in [6.45, 7) is 0. The highest BCUT2D eigenvalue weighted by Gasteiger charge is 2.08. The molecular formula is C7H3FIN3O. The van der Waals surface area contributed by atoms with Gasteiger partial charge in [-0.15, -0.1) is 0 Å². The molecule has 0 saturated carbocycles. The van der Waals surface area contributed by atoms with Crippen molar-refractivity contribution >= 4 is 28.5 Å². The smallest absolute Gasteiger partial charge is 0.266 e. The molecule has 0 aromatic carbocycles. The molecule has 0 fully saturated rings. The van der Waals surface area contributed by atoms with Crippen LogP contribution in [0, 0.1) is 21.0 Å². The van der Waals surface area contributed by atoms with Gasteiger partial charge in [0.2, 0.25) is 5.95 Å². The topological polar surface area (TPSA) is 65.8 Å². The van der Waals surface area contributed by atoms with Crippen molar-refractivity contribution < 1.29 is 9.18 Å². The van der Waals surface area contributed by atoms with Crippen LogP contribution in [0.4, 0.5) is 4.39 Å². The number of nitriles is 1. The average molecular weight is 291 g/mol. The van der Waals surface area contributed by atoms with Crippen molar-refractivity contribution in [3.05, 3.63) is 27.3 Å². The summed E-state index contributed by atoms with van der Waals surface area (Å²) in [5.41, 5.74) is -0.112. The normalized spacial score (nSPS) is 9.00. The molecule has 1 rings (SSSR count). The maximum atomic E-state index is 12.8. The van der Waals surface area contributed by atoms with E-state index in [1.54, 1.807) is 22.6 Å². The molecule has 0 radical (unpaired) electrons. The van der Waals surface area contributed by atoms with Gasteiger partial charge in [0.15, 0.2) is 6.19 Å². The zero-order chi connectivity index (χ0) is 9.84. The number of aromatic nitrogens is 1. The van der Waals surface area contributed by atoms with E-state index >= 15 is 0 Å². The van der Waals surface area contributed by atoms with Crippen LogP contribution in [0.3, 0.4) is 0 Å². The van der Waals surface area contributed by atoms with Crippen molar-refractivity contribution in [2.75, 3.05) is 0 Å². The number of nitrogens with zero attached hydrogens (tertiary/aromatic N) is 2. The molecule has 0 bridgehead atoms. The quantitative estimate of drug-likeness (QED) is 0.364. The Morgan fingerprint density at radius 2 is 2.38 bits per heavy atom. The number of pyridine rings is 1. The third-order valence-electron chi connectivity index (χ3n) is 1.21. The Kier molecular flexibility index (Phi) is 3.13. The molecule has 1 aromatic heterocycles. The molecule has 1 heterocycles. The molecule has 0 aliphatic rings. The Morgan fingerprint density at radius 3 is 2.92 bits per heavy atom. The van der Waals surface area contributed by atoms with E-state index in [0.29, 0.717) is 3.57 Å². The van der Waals surface area contributed by atoms with E-state index in [2.05, 4.69) is 4.98 Å². The molecule has 0 aliphatic carbocycles. The monoisotopic (exact) mass is 291 g/mol. The van der Waals surface area contributed by atoms with Gasteiger partial charge in [0.25, 0.3) is 5.91 Å². The molecule has 13 heavy (non-hydrogen) atoms. The lowest BCUT2D eigenvalue weighted by molar-refractivity contribution is 0.0967. The number of carbonyl (C=O) groups is 1. The van der Waals surface area contributed by atoms with Gasteiger partial charge in [-0.2, -0.15) is 9.65 Å². The van der Waals surface area contributed by atoms with Gasteiger partial charge in [0.1, 0.15) is 5.69 Å². The molecule has 0 atom stereocenters. The number of halogens is 2. The first-order valence-corrected chi connectivity index (χ1v) is 4.24. The first-order chi connectivity index (χ1) is 6.15. The SMILES string of the molecule is N#CNC(=O)c1ccc(I)c(F)n1. The highest BCUT2D eigenvalue weighted by molar-refractivity contribution is 14.1. The van der Waals surface area contributed by atoms with E-state index in [1.165, 1.54) is 18.3 Å². The summed E-state index contributed by atoms with van der Waals surface area (Å²) >= 11 is 1.75. The van der Waals surface area contributed by atoms with Crippen LogP contribution in [-0.4, -0.2) is 10.9 Å². The predicted octanol–water partition coefficient (Wildman–Crippen LogP) is 1.04. The molecule has 1 N–H and O–H groups in total. The summed E-state index contributed by atoms with van der Waals surface area (Å²) in [6.07, 6.45) is 1.44. The van der Waals surface area contributed by atoms with Crippen molar-refractivity contribution in [3.63, 3.8) is 0 Å². The van der Waals surface area contributed by atoms with Crippen LogP contribution in [0.5, 0.6) is 0 Å². The minimum absolute atomic E-state index is 0.112. The van der Waals surface area contributed by atoms with Gasteiger partial charge < -0.3 is 0 Å². The first-order valence-electron chi connectivity index (χ1n) is 3.16. The van der Waals surface area contributed by atoms with Gasteiger partial charge in [0, 0.05) is 0 Å². The molecule has 1 aromatic rings.